The Hall–Kier alpha value is -3.72. The van der Waals surface area contributed by atoms with Crippen molar-refractivity contribution in [1.29, 1.82) is 5.26 Å². The molecule has 5 rings (SSSR count). The van der Waals surface area contributed by atoms with Gasteiger partial charge in [-0.15, -0.1) is 0 Å². The average Bonchev–Trinajstić information content (AvgIpc) is 3.44. The molecular weight excluding hydrogens is 418 g/mol. The van der Waals surface area contributed by atoms with Crippen LogP contribution in [0.1, 0.15) is 40.0 Å². The molecule has 0 bridgehead atoms. The number of aromatic amines is 1. The van der Waals surface area contributed by atoms with Crippen LogP contribution in [-0.2, 0) is 6.42 Å². The molecule has 1 N–H and O–H groups in total. The number of aromatic nitrogens is 2. The van der Waals surface area contributed by atoms with Crippen molar-refractivity contribution in [3.63, 3.8) is 0 Å². The van der Waals surface area contributed by atoms with E-state index in [1.165, 1.54) is 16.7 Å². The summed E-state index contributed by atoms with van der Waals surface area (Å²) in [6, 6.07) is 32.3. The summed E-state index contributed by atoms with van der Waals surface area (Å²) < 4.78 is 0. The van der Waals surface area contributed by atoms with Gasteiger partial charge in [-0.2, -0.15) is 5.26 Å². The first kappa shape index (κ1) is 22.1. The quantitative estimate of drug-likeness (QED) is 0.434. The third-order valence-corrected chi connectivity index (χ3v) is 6.78. The van der Waals surface area contributed by atoms with Crippen LogP contribution in [-0.4, -0.2) is 45.9 Å². The lowest BCUT2D eigenvalue weighted by Gasteiger charge is -2.42. The summed E-state index contributed by atoms with van der Waals surface area (Å²) in [5.74, 6) is 0. The van der Waals surface area contributed by atoms with E-state index >= 15 is 0 Å². The predicted molar refractivity (Wildman–Crippen MR) is 134 cm³/mol. The van der Waals surface area contributed by atoms with Gasteiger partial charge in [0.2, 0.25) is 0 Å². The maximum Gasteiger partial charge on any atom is 0.0991 e. The molecule has 1 aliphatic rings. The van der Waals surface area contributed by atoms with Crippen LogP contribution in [0.5, 0.6) is 0 Å². The summed E-state index contributed by atoms with van der Waals surface area (Å²) in [6.07, 6.45) is 4.59. The summed E-state index contributed by atoms with van der Waals surface area (Å²) in [5.41, 5.74) is 5.74. The van der Waals surface area contributed by atoms with Crippen LogP contribution in [0.4, 0.5) is 0 Å². The Bertz CT molecular complexity index is 1150. The van der Waals surface area contributed by atoms with Crippen molar-refractivity contribution in [1.82, 2.24) is 19.8 Å². The molecular formula is C29H29N5. The first-order valence-corrected chi connectivity index (χ1v) is 11.9. The van der Waals surface area contributed by atoms with Crippen LogP contribution >= 0.6 is 0 Å². The third-order valence-electron chi connectivity index (χ3n) is 6.78. The molecule has 1 aromatic heterocycles. The highest BCUT2D eigenvalue weighted by molar-refractivity contribution is 5.33. The zero-order chi connectivity index (χ0) is 23.2. The van der Waals surface area contributed by atoms with Crippen LogP contribution in [0.25, 0.3) is 0 Å². The zero-order valence-electron chi connectivity index (χ0n) is 19.2. The Morgan fingerprint density at radius 1 is 0.794 bits per heavy atom. The molecule has 1 unspecified atom stereocenters. The Labute approximate surface area is 201 Å². The van der Waals surface area contributed by atoms with Gasteiger partial charge >= 0.3 is 0 Å². The normalized spacial score (nSPS) is 15.8. The largest absolute Gasteiger partial charge is 0.347 e. The predicted octanol–water partition coefficient (Wildman–Crippen LogP) is 4.97. The SMILES string of the molecule is N#Cc1ccc(CC(c2cnc[nH]2)N2CCN(C(c3ccccc3)c3ccccc3)CC2)cc1. The number of H-pyrrole nitrogens is 1. The molecule has 0 radical (unpaired) electrons. The summed E-state index contributed by atoms with van der Waals surface area (Å²) in [7, 11) is 0. The van der Waals surface area contributed by atoms with E-state index in [9.17, 15) is 0 Å². The van der Waals surface area contributed by atoms with Crippen molar-refractivity contribution in [2.24, 2.45) is 0 Å². The number of nitrogens with one attached hydrogen (secondary N) is 1. The van der Waals surface area contributed by atoms with Crippen molar-refractivity contribution in [2.75, 3.05) is 26.2 Å². The van der Waals surface area contributed by atoms with Crippen molar-refractivity contribution in [2.45, 2.75) is 18.5 Å². The second kappa shape index (κ2) is 10.5. The first-order chi connectivity index (χ1) is 16.8. The first-order valence-electron chi connectivity index (χ1n) is 11.9. The van der Waals surface area contributed by atoms with Crippen molar-refractivity contribution >= 4 is 0 Å². The molecule has 0 amide bonds. The maximum absolute atomic E-state index is 9.12. The number of imidazole rings is 1. The van der Waals surface area contributed by atoms with Gasteiger partial charge in [-0.1, -0.05) is 72.8 Å². The Morgan fingerprint density at radius 3 is 1.91 bits per heavy atom. The fourth-order valence-corrected chi connectivity index (χ4v) is 5.02. The third kappa shape index (κ3) is 4.94. The van der Waals surface area contributed by atoms with E-state index in [0.29, 0.717) is 5.56 Å². The van der Waals surface area contributed by atoms with E-state index in [1.54, 1.807) is 6.33 Å². The van der Waals surface area contributed by atoms with E-state index in [1.807, 2.05) is 18.3 Å². The van der Waals surface area contributed by atoms with Gasteiger partial charge in [0, 0.05) is 32.4 Å². The van der Waals surface area contributed by atoms with Crippen molar-refractivity contribution in [3.05, 3.63) is 125 Å². The van der Waals surface area contributed by atoms with Gasteiger partial charge in [0.05, 0.1) is 35.7 Å². The van der Waals surface area contributed by atoms with E-state index in [2.05, 4.69) is 98.6 Å². The van der Waals surface area contributed by atoms with E-state index in [4.69, 9.17) is 5.26 Å². The topological polar surface area (TPSA) is 59.0 Å². The Kier molecular flexibility index (Phi) is 6.81. The number of piperazine rings is 1. The van der Waals surface area contributed by atoms with Crippen LogP contribution in [0.2, 0.25) is 0 Å². The highest BCUT2D eigenvalue weighted by atomic mass is 15.3. The maximum atomic E-state index is 9.12. The molecule has 5 nitrogen and oxygen atoms in total. The van der Waals surface area contributed by atoms with E-state index in [-0.39, 0.29) is 12.1 Å². The van der Waals surface area contributed by atoms with Gasteiger partial charge in [0.1, 0.15) is 0 Å². The lowest BCUT2D eigenvalue weighted by Crippen LogP contribution is -2.49. The van der Waals surface area contributed by atoms with Crippen LogP contribution < -0.4 is 0 Å². The minimum absolute atomic E-state index is 0.226. The van der Waals surface area contributed by atoms with Crippen LogP contribution in [0, 0.1) is 11.3 Å². The van der Waals surface area contributed by atoms with E-state index < -0.39 is 0 Å². The number of hydrogen-bond donors (Lipinski definition) is 1. The highest BCUT2D eigenvalue weighted by Gasteiger charge is 2.30. The van der Waals surface area contributed by atoms with E-state index in [0.717, 1.165) is 38.3 Å². The number of benzene rings is 3. The molecule has 4 aromatic rings. The average molecular weight is 448 g/mol. The highest BCUT2D eigenvalue weighted by Crippen LogP contribution is 2.32. The van der Waals surface area contributed by atoms with Crippen molar-refractivity contribution in [3.8, 4) is 6.07 Å². The molecule has 1 atom stereocenters. The number of hydrogen-bond acceptors (Lipinski definition) is 4. The standard InChI is InChI=1S/C29H29N5/c30-20-24-13-11-23(12-14-24)19-28(27-21-31-22-32-27)33-15-17-34(18-16-33)29(25-7-3-1-4-8-25)26-9-5-2-6-10-26/h1-14,21-22,28-29H,15-19H2,(H,31,32). The Morgan fingerprint density at radius 2 is 1.38 bits per heavy atom. The molecule has 170 valence electrons. The van der Waals surface area contributed by atoms with Gasteiger partial charge in [-0.25, -0.2) is 4.98 Å². The fourth-order valence-electron chi connectivity index (χ4n) is 5.02. The molecule has 0 spiro atoms. The number of rotatable bonds is 7. The number of nitriles is 1. The van der Waals surface area contributed by atoms with Gasteiger partial charge in [-0.05, 0) is 35.2 Å². The van der Waals surface area contributed by atoms with Crippen LogP contribution in [0.3, 0.4) is 0 Å². The second-order valence-corrected chi connectivity index (χ2v) is 8.83. The molecule has 1 aliphatic heterocycles. The summed E-state index contributed by atoms with van der Waals surface area (Å²) in [5, 5.41) is 9.12. The monoisotopic (exact) mass is 447 g/mol. The fraction of sp³-hybridized carbons (Fsp3) is 0.241. The molecule has 2 heterocycles. The molecule has 34 heavy (non-hydrogen) atoms. The molecule has 0 saturated carbocycles. The van der Waals surface area contributed by atoms with Gasteiger partial charge in [0.25, 0.3) is 0 Å². The van der Waals surface area contributed by atoms with Gasteiger partial charge in [0.15, 0.2) is 0 Å². The summed E-state index contributed by atoms with van der Waals surface area (Å²) in [4.78, 5) is 12.8. The summed E-state index contributed by atoms with van der Waals surface area (Å²) >= 11 is 0. The molecule has 3 aromatic carbocycles. The molecule has 5 heteroatoms. The smallest absolute Gasteiger partial charge is 0.0991 e. The zero-order valence-corrected chi connectivity index (χ0v) is 19.2. The van der Waals surface area contributed by atoms with Crippen LogP contribution in [0.15, 0.2) is 97.5 Å². The minimum Gasteiger partial charge on any atom is -0.347 e. The lowest BCUT2D eigenvalue weighted by atomic mass is 9.95. The van der Waals surface area contributed by atoms with Gasteiger partial charge < -0.3 is 4.98 Å². The molecule has 1 fully saturated rings. The lowest BCUT2D eigenvalue weighted by molar-refractivity contribution is 0.0769. The van der Waals surface area contributed by atoms with Gasteiger partial charge in [-0.3, -0.25) is 9.80 Å². The second-order valence-electron chi connectivity index (χ2n) is 8.83. The molecule has 0 aliphatic carbocycles. The van der Waals surface area contributed by atoms with Crippen molar-refractivity contribution < 1.29 is 0 Å². The summed E-state index contributed by atoms with van der Waals surface area (Å²) in [6.45, 7) is 3.95. The minimum atomic E-state index is 0.226. The number of nitrogens with zero attached hydrogens (tertiary/aromatic N) is 4. The molecule has 1 saturated heterocycles. The Balaban J connectivity index is 1.34.